The average Bonchev–Trinajstić information content (AvgIpc) is 2.37. The van der Waals surface area contributed by atoms with E-state index >= 15 is 0 Å². The highest BCUT2D eigenvalue weighted by Gasteiger charge is 2.50. The van der Waals surface area contributed by atoms with Gasteiger partial charge in [0.15, 0.2) is 0 Å². The lowest BCUT2D eigenvalue weighted by molar-refractivity contribution is -0.122. The zero-order valence-corrected chi connectivity index (χ0v) is 13.2. The van der Waals surface area contributed by atoms with Crippen molar-refractivity contribution in [2.75, 3.05) is 19.7 Å². The second-order valence-electron chi connectivity index (χ2n) is 7.42. The first kappa shape index (κ1) is 15.3. The predicted octanol–water partition coefficient (Wildman–Crippen LogP) is 3.83. The van der Waals surface area contributed by atoms with Crippen molar-refractivity contribution in [3.8, 4) is 0 Å². The van der Waals surface area contributed by atoms with Crippen molar-refractivity contribution in [3.63, 3.8) is 0 Å². The summed E-state index contributed by atoms with van der Waals surface area (Å²) in [6.07, 6.45) is 10.4. The third-order valence-electron chi connectivity index (χ3n) is 5.78. The number of aliphatic hydroxyl groups excluding tert-OH is 1. The van der Waals surface area contributed by atoms with Crippen LogP contribution >= 0.6 is 0 Å². The van der Waals surface area contributed by atoms with E-state index in [9.17, 15) is 5.11 Å². The van der Waals surface area contributed by atoms with Crippen LogP contribution in [0.15, 0.2) is 0 Å². The molecule has 2 nitrogen and oxygen atoms in total. The van der Waals surface area contributed by atoms with Gasteiger partial charge in [-0.25, -0.2) is 0 Å². The first-order valence-corrected chi connectivity index (χ1v) is 8.46. The molecule has 0 aromatic carbocycles. The minimum Gasteiger partial charge on any atom is -0.394 e. The molecule has 112 valence electrons. The Kier molecular flexibility index (Phi) is 4.94. The van der Waals surface area contributed by atoms with Crippen molar-refractivity contribution in [2.45, 2.75) is 77.7 Å². The molecule has 1 saturated carbocycles. The maximum Gasteiger partial charge on any atom is 0.0615 e. The topological polar surface area (TPSA) is 23.5 Å². The molecule has 1 aliphatic carbocycles. The van der Waals surface area contributed by atoms with Crippen LogP contribution in [0.25, 0.3) is 0 Å². The predicted molar refractivity (Wildman–Crippen MR) is 81.3 cm³/mol. The molecule has 0 bridgehead atoms. The maximum atomic E-state index is 9.95. The highest BCUT2D eigenvalue weighted by atomic mass is 16.3. The zero-order valence-electron chi connectivity index (χ0n) is 13.2. The molecule has 1 heterocycles. The summed E-state index contributed by atoms with van der Waals surface area (Å²) in [6.45, 7) is 9.82. The summed E-state index contributed by atoms with van der Waals surface area (Å²) in [6, 6.07) is 0. The number of rotatable bonds is 6. The first-order valence-electron chi connectivity index (χ1n) is 8.46. The van der Waals surface area contributed by atoms with Crippen LogP contribution in [0.2, 0.25) is 0 Å². The second-order valence-corrected chi connectivity index (χ2v) is 7.42. The Morgan fingerprint density at radius 1 is 1.05 bits per heavy atom. The fraction of sp³-hybridized carbons (Fsp3) is 1.00. The molecule has 1 aliphatic heterocycles. The maximum absolute atomic E-state index is 9.95. The van der Waals surface area contributed by atoms with E-state index in [4.69, 9.17) is 0 Å². The quantitative estimate of drug-likeness (QED) is 0.790. The second kappa shape index (κ2) is 6.13. The average molecular weight is 267 g/mol. The Balaban J connectivity index is 1.96. The van der Waals surface area contributed by atoms with Gasteiger partial charge in [-0.2, -0.15) is 0 Å². The van der Waals surface area contributed by atoms with E-state index in [1.165, 1.54) is 64.5 Å². The minimum atomic E-state index is 0.136. The van der Waals surface area contributed by atoms with E-state index in [2.05, 4.69) is 25.7 Å². The molecule has 0 unspecified atom stereocenters. The SMILES string of the molecule is CCCC1(CCC)CN(C2(CO)CCC(C)CC2)C1. The summed E-state index contributed by atoms with van der Waals surface area (Å²) >= 11 is 0. The normalized spacial score (nSPS) is 35.1. The molecule has 0 radical (unpaired) electrons. The van der Waals surface area contributed by atoms with E-state index in [0.29, 0.717) is 12.0 Å². The van der Waals surface area contributed by atoms with Crippen LogP contribution in [-0.4, -0.2) is 35.2 Å². The van der Waals surface area contributed by atoms with Crippen LogP contribution < -0.4 is 0 Å². The van der Waals surface area contributed by atoms with Crippen LogP contribution in [0.5, 0.6) is 0 Å². The van der Waals surface area contributed by atoms with E-state index in [-0.39, 0.29) is 5.54 Å². The highest BCUT2D eigenvalue weighted by molar-refractivity contribution is 5.04. The first-order chi connectivity index (χ1) is 9.10. The van der Waals surface area contributed by atoms with Gasteiger partial charge in [-0.1, -0.05) is 33.6 Å². The van der Waals surface area contributed by atoms with Gasteiger partial charge in [-0.3, -0.25) is 4.90 Å². The van der Waals surface area contributed by atoms with Crippen molar-refractivity contribution in [2.24, 2.45) is 11.3 Å². The Bertz CT molecular complexity index is 267. The molecule has 2 fully saturated rings. The standard InChI is InChI=1S/C17H33NO/c1-4-8-16(9-5-2)12-18(13-16)17(14-19)10-6-15(3)7-11-17/h15,19H,4-14H2,1-3H3. The molecule has 19 heavy (non-hydrogen) atoms. The van der Waals surface area contributed by atoms with E-state index < -0.39 is 0 Å². The molecule has 0 aromatic heterocycles. The van der Waals surface area contributed by atoms with Gasteiger partial charge in [-0.15, -0.1) is 0 Å². The fourth-order valence-electron chi connectivity index (χ4n) is 4.47. The van der Waals surface area contributed by atoms with Gasteiger partial charge in [0.05, 0.1) is 6.61 Å². The lowest BCUT2D eigenvalue weighted by atomic mass is 9.67. The lowest BCUT2D eigenvalue weighted by Gasteiger charge is -2.60. The van der Waals surface area contributed by atoms with Crippen LogP contribution in [-0.2, 0) is 0 Å². The van der Waals surface area contributed by atoms with Gasteiger partial charge < -0.3 is 5.11 Å². The summed E-state index contributed by atoms with van der Waals surface area (Å²) in [5, 5.41) is 9.95. The van der Waals surface area contributed by atoms with Crippen molar-refractivity contribution in [1.29, 1.82) is 0 Å². The molecule has 1 N–H and O–H groups in total. The number of hydrogen-bond acceptors (Lipinski definition) is 2. The molecule has 0 aromatic rings. The lowest BCUT2D eigenvalue weighted by Crippen LogP contribution is -2.67. The summed E-state index contributed by atoms with van der Waals surface area (Å²) in [4.78, 5) is 2.63. The fourth-order valence-corrected chi connectivity index (χ4v) is 4.47. The van der Waals surface area contributed by atoms with Crippen LogP contribution in [0.3, 0.4) is 0 Å². The zero-order chi connectivity index (χ0) is 13.9. The molecule has 2 aliphatic rings. The number of hydrogen-bond donors (Lipinski definition) is 1. The molecule has 1 saturated heterocycles. The van der Waals surface area contributed by atoms with Gasteiger partial charge in [0.25, 0.3) is 0 Å². The molecule has 0 atom stereocenters. The number of nitrogens with zero attached hydrogens (tertiary/aromatic N) is 1. The Morgan fingerprint density at radius 2 is 1.58 bits per heavy atom. The largest absolute Gasteiger partial charge is 0.394 e. The minimum absolute atomic E-state index is 0.136. The summed E-state index contributed by atoms with van der Waals surface area (Å²) < 4.78 is 0. The molecule has 2 heteroatoms. The molecular formula is C17H33NO. The summed E-state index contributed by atoms with van der Waals surface area (Å²) in [7, 11) is 0. The Morgan fingerprint density at radius 3 is 2.00 bits per heavy atom. The third-order valence-corrected chi connectivity index (χ3v) is 5.78. The smallest absolute Gasteiger partial charge is 0.0615 e. The Hall–Kier alpha value is -0.0800. The van der Waals surface area contributed by atoms with Crippen molar-refractivity contribution >= 4 is 0 Å². The third kappa shape index (κ3) is 3.00. The molecular weight excluding hydrogens is 234 g/mol. The number of likely N-dealkylation sites (tertiary alicyclic amines) is 1. The molecule has 2 rings (SSSR count). The number of aliphatic hydroxyl groups is 1. The van der Waals surface area contributed by atoms with Gasteiger partial charge >= 0.3 is 0 Å². The van der Waals surface area contributed by atoms with Crippen molar-refractivity contribution in [3.05, 3.63) is 0 Å². The van der Waals surface area contributed by atoms with Crippen molar-refractivity contribution < 1.29 is 5.11 Å². The monoisotopic (exact) mass is 267 g/mol. The molecule has 0 spiro atoms. The van der Waals surface area contributed by atoms with E-state index in [1.54, 1.807) is 0 Å². The highest BCUT2D eigenvalue weighted by Crippen LogP contribution is 2.47. The van der Waals surface area contributed by atoms with Gasteiger partial charge in [0.2, 0.25) is 0 Å². The summed E-state index contributed by atoms with van der Waals surface area (Å²) in [5.74, 6) is 0.858. The van der Waals surface area contributed by atoms with Gasteiger partial charge in [-0.05, 0) is 49.9 Å². The van der Waals surface area contributed by atoms with Crippen LogP contribution in [0, 0.1) is 11.3 Å². The Labute approximate surface area is 119 Å². The van der Waals surface area contributed by atoms with Crippen LogP contribution in [0.4, 0.5) is 0 Å². The van der Waals surface area contributed by atoms with Gasteiger partial charge in [0, 0.05) is 18.6 Å². The summed E-state index contributed by atoms with van der Waals surface area (Å²) in [5.41, 5.74) is 0.715. The molecule has 0 amide bonds. The van der Waals surface area contributed by atoms with Crippen molar-refractivity contribution in [1.82, 2.24) is 4.90 Å². The van der Waals surface area contributed by atoms with Crippen LogP contribution in [0.1, 0.15) is 72.1 Å². The van der Waals surface area contributed by atoms with Gasteiger partial charge in [0.1, 0.15) is 0 Å². The van der Waals surface area contributed by atoms with E-state index in [1.807, 2.05) is 0 Å². The van der Waals surface area contributed by atoms with E-state index in [0.717, 1.165) is 5.92 Å².